The fourth-order valence-corrected chi connectivity index (χ4v) is 3.70. The zero-order chi connectivity index (χ0) is 17.7. The van der Waals surface area contributed by atoms with E-state index < -0.39 is 16.0 Å². The van der Waals surface area contributed by atoms with Crippen LogP contribution in [0.25, 0.3) is 0 Å². The maximum absolute atomic E-state index is 12.3. The first-order chi connectivity index (χ1) is 11.3. The molecule has 6 heteroatoms. The molecule has 0 aromatic heterocycles. The molecule has 2 rings (SSSR count). The SMILES string of the molecule is COC(=O)c1ccc(CS(=O)(=O)N[C@H](C)c2ccc(C)cc2)cc1. The van der Waals surface area contributed by atoms with Gasteiger partial charge in [0.25, 0.3) is 0 Å². The fraction of sp³-hybridized carbons (Fsp3) is 0.278. The van der Waals surface area contributed by atoms with Crippen molar-refractivity contribution in [1.82, 2.24) is 4.72 Å². The lowest BCUT2D eigenvalue weighted by molar-refractivity contribution is 0.0600. The van der Waals surface area contributed by atoms with Gasteiger partial charge < -0.3 is 4.74 Å². The molecule has 24 heavy (non-hydrogen) atoms. The Hall–Kier alpha value is -2.18. The third-order valence-corrected chi connectivity index (χ3v) is 5.09. The molecule has 0 aliphatic heterocycles. The van der Waals surface area contributed by atoms with Crippen LogP contribution in [0.3, 0.4) is 0 Å². The molecule has 5 nitrogen and oxygen atoms in total. The molecule has 0 aliphatic rings. The zero-order valence-corrected chi connectivity index (χ0v) is 14.8. The molecule has 128 valence electrons. The summed E-state index contributed by atoms with van der Waals surface area (Å²) < 4.78 is 31.9. The van der Waals surface area contributed by atoms with Gasteiger partial charge in [-0.15, -0.1) is 0 Å². The topological polar surface area (TPSA) is 72.5 Å². The second-order valence-corrected chi connectivity index (χ2v) is 7.45. The number of aryl methyl sites for hydroxylation is 1. The summed E-state index contributed by atoms with van der Waals surface area (Å²) in [6.07, 6.45) is 0. The van der Waals surface area contributed by atoms with Gasteiger partial charge in [-0.05, 0) is 37.1 Å². The predicted octanol–water partition coefficient (Wildman–Crippen LogP) is 2.96. The Bertz CT molecular complexity index is 796. The van der Waals surface area contributed by atoms with Crippen LogP contribution in [-0.2, 0) is 20.5 Å². The minimum absolute atomic E-state index is 0.148. The number of sulfonamides is 1. The van der Waals surface area contributed by atoms with Crippen LogP contribution in [-0.4, -0.2) is 21.5 Å². The molecule has 0 unspecified atom stereocenters. The van der Waals surface area contributed by atoms with Gasteiger partial charge in [-0.2, -0.15) is 0 Å². The van der Waals surface area contributed by atoms with Crippen molar-refractivity contribution in [3.63, 3.8) is 0 Å². The molecule has 0 spiro atoms. The highest BCUT2D eigenvalue weighted by Gasteiger charge is 2.17. The average Bonchev–Trinajstić information content (AvgIpc) is 2.54. The smallest absolute Gasteiger partial charge is 0.337 e. The molecule has 0 fully saturated rings. The fourth-order valence-electron chi connectivity index (χ4n) is 2.31. The zero-order valence-electron chi connectivity index (χ0n) is 13.9. The van der Waals surface area contributed by atoms with E-state index in [1.54, 1.807) is 24.3 Å². The van der Waals surface area contributed by atoms with Crippen LogP contribution in [0.15, 0.2) is 48.5 Å². The standard InChI is InChI=1S/C18H21NO4S/c1-13-4-8-16(9-5-13)14(2)19-24(21,22)12-15-6-10-17(11-7-15)18(20)23-3/h4-11,14,19H,12H2,1-3H3/t14-/m1/s1. The summed E-state index contributed by atoms with van der Waals surface area (Å²) in [7, 11) is -2.19. The van der Waals surface area contributed by atoms with Gasteiger partial charge in [0, 0.05) is 6.04 Å². The number of esters is 1. The maximum Gasteiger partial charge on any atom is 0.337 e. The minimum Gasteiger partial charge on any atom is -0.465 e. The van der Waals surface area contributed by atoms with Crippen LogP contribution in [0, 0.1) is 6.92 Å². The highest BCUT2D eigenvalue weighted by atomic mass is 32.2. The summed E-state index contributed by atoms with van der Waals surface area (Å²) in [5.74, 6) is -0.597. The first kappa shape index (κ1) is 18.2. The van der Waals surface area contributed by atoms with Gasteiger partial charge in [0.2, 0.25) is 10.0 Å². The molecule has 1 N–H and O–H groups in total. The van der Waals surface area contributed by atoms with E-state index in [0.29, 0.717) is 11.1 Å². The van der Waals surface area contributed by atoms with Crippen molar-refractivity contribution in [3.8, 4) is 0 Å². The van der Waals surface area contributed by atoms with Crippen LogP contribution < -0.4 is 4.72 Å². The Labute approximate surface area is 142 Å². The molecule has 0 aliphatic carbocycles. The maximum atomic E-state index is 12.3. The van der Waals surface area contributed by atoms with Crippen LogP contribution in [0.1, 0.15) is 40.0 Å². The highest BCUT2D eigenvalue weighted by Crippen LogP contribution is 2.16. The first-order valence-electron chi connectivity index (χ1n) is 7.54. The molecule has 1 atom stereocenters. The molecule has 2 aromatic rings. The number of carbonyl (C=O) groups excluding carboxylic acids is 1. The summed E-state index contributed by atoms with van der Waals surface area (Å²) in [5, 5.41) is 0. The van der Waals surface area contributed by atoms with Crippen molar-refractivity contribution in [2.24, 2.45) is 0 Å². The summed E-state index contributed by atoms with van der Waals surface area (Å²) in [5.41, 5.74) is 3.02. The number of carbonyl (C=O) groups is 1. The largest absolute Gasteiger partial charge is 0.465 e. The average molecular weight is 347 g/mol. The second kappa shape index (κ2) is 7.59. The molecule has 0 saturated heterocycles. The lowest BCUT2D eigenvalue weighted by Crippen LogP contribution is -2.28. The van der Waals surface area contributed by atoms with Gasteiger partial charge in [-0.1, -0.05) is 42.0 Å². The number of rotatable bonds is 6. The van der Waals surface area contributed by atoms with Crippen LogP contribution >= 0.6 is 0 Å². The lowest BCUT2D eigenvalue weighted by atomic mass is 10.1. The van der Waals surface area contributed by atoms with Crippen LogP contribution in [0.2, 0.25) is 0 Å². The Kier molecular flexibility index (Phi) is 5.75. The van der Waals surface area contributed by atoms with Crippen molar-refractivity contribution in [2.75, 3.05) is 7.11 Å². The van der Waals surface area contributed by atoms with Gasteiger partial charge >= 0.3 is 5.97 Å². The van der Waals surface area contributed by atoms with E-state index in [0.717, 1.165) is 11.1 Å². The van der Waals surface area contributed by atoms with E-state index in [2.05, 4.69) is 9.46 Å². The van der Waals surface area contributed by atoms with Crippen molar-refractivity contribution >= 4 is 16.0 Å². The van der Waals surface area contributed by atoms with E-state index >= 15 is 0 Å². The second-order valence-electron chi connectivity index (χ2n) is 5.70. The Morgan fingerprint density at radius 1 is 1.08 bits per heavy atom. The van der Waals surface area contributed by atoms with Crippen molar-refractivity contribution in [2.45, 2.75) is 25.6 Å². The number of benzene rings is 2. The number of nitrogens with one attached hydrogen (secondary N) is 1. The van der Waals surface area contributed by atoms with Gasteiger partial charge in [0.05, 0.1) is 18.4 Å². The first-order valence-corrected chi connectivity index (χ1v) is 9.20. The monoisotopic (exact) mass is 347 g/mol. The lowest BCUT2D eigenvalue weighted by Gasteiger charge is -2.15. The van der Waals surface area contributed by atoms with E-state index in [1.165, 1.54) is 7.11 Å². The summed E-state index contributed by atoms with van der Waals surface area (Å²) in [6, 6.07) is 13.7. The summed E-state index contributed by atoms with van der Waals surface area (Å²) >= 11 is 0. The van der Waals surface area contributed by atoms with Gasteiger partial charge in [0.1, 0.15) is 0 Å². The van der Waals surface area contributed by atoms with Gasteiger partial charge in [0.15, 0.2) is 0 Å². The van der Waals surface area contributed by atoms with Crippen LogP contribution in [0.4, 0.5) is 0 Å². The Balaban J connectivity index is 2.05. The van der Waals surface area contributed by atoms with E-state index in [1.807, 2.05) is 38.1 Å². The summed E-state index contributed by atoms with van der Waals surface area (Å²) in [6.45, 7) is 3.79. The van der Waals surface area contributed by atoms with Crippen LogP contribution in [0.5, 0.6) is 0 Å². The molecule has 2 aromatic carbocycles. The number of ether oxygens (including phenoxy) is 1. The third kappa shape index (κ3) is 4.91. The van der Waals surface area contributed by atoms with E-state index in [-0.39, 0.29) is 11.8 Å². The quantitative estimate of drug-likeness (QED) is 0.816. The van der Waals surface area contributed by atoms with E-state index in [4.69, 9.17) is 0 Å². The molecule has 0 radical (unpaired) electrons. The summed E-state index contributed by atoms with van der Waals surface area (Å²) in [4.78, 5) is 11.4. The van der Waals surface area contributed by atoms with Crippen molar-refractivity contribution in [1.29, 1.82) is 0 Å². The molecular formula is C18H21NO4S. The molecular weight excluding hydrogens is 326 g/mol. The molecule has 0 saturated carbocycles. The Morgan fingerprint density at radius 3 is 2.21 bits per heavy atom. The minimum atomic E-state index is -3.50. The number of hydrogen-bond donors (Lipinski definition) is 1. The molecule has 0 bridgehead atoms. The number of hydrogen-bond acceptors (Lipinski definition) is 4. The predicted molar refractivity (Wildman–Crippen MR) is 93.1 cm³/mol. The van der Waals surface area contributed by atoms with Crippen molar-refractivity contribution < 1.29 is 17.9 Å². The highest BCUT2D eigenvalue weighted by molar-refractivity contribution is 7.88. The third-order valence-electron chi connectivity index (χ3n) is 3.67. The Morgan fingerprint density at radius 2 is 1.67 bits per heavy atom. The normalized spacial score (nSPS) is 12.6. The molecule has 0 amide bonds. The van der Waals surface area contributed by atoms with Gasteiger partial charge in [-0.3, -0.25) is 0 Å². The van der Waals surface area contributed by atoms with E-state index in [9.17, 15) is 13.2 Å². The molecule has 0 heterocycles. The van der Waals surface area contributed by atoms with Crippen molar-refractivity contribution in [3.05, 3.63) is 70.8 Å². The number of methoxy groups -OCH3 is 1. The van der Waals surface area contributed by atoms with Gasteiger partial charge in [-0.25, -0.2) is 17.9 Å².